The zero-order valence-corrected chi connectivity index (χ0v) is 16.0. The first-order valence-corrected chi connectivity index (χ1v) is 9.57. The maximum atomic E-state index is 12.1. The molecule has 0 N–H and O–H groups in total. The molecule has 1 unspecified atom stereocenters. The van der Waals surface area contributed by atoms with E-state index in [2.05, 4.69) is 11.9 Å². The number of ketones is 1. The van der Waals surface area contributed by atoms with Crippen molar-refractivity contribution >= 4 is 34.6 Å². The highest BCUT2D eigenvalue weighted by Crippen LogP contribution is 2.58. The molecule has 6 heteroatoms. The number of nitrogens with zero attached hydrogens (tertiary/aromatic N) is 1. The molecule has 136 valence electrons. The van der Waals surface area contributed by atoms with Crippen LogP contribution in [0, 0.1) is 5.41 Å². The van der Waals surface area contributed by atoms with E-state index in [1.807, 2.05) is 6.07 Å². The maximum Gasteiger partial charge on any atom is 0.232 e. The number of aromatic nitrogens is 1. The van der Waals surface area contributed by atoms with E-state index in [0.717, 1.165) is 42.4 Å². The van der Waals surface area contributed by atoms with Gasteiger partial charge in [0.2, 0.25) is 5.89 Å². The van der Waals surface area contributed by atoms with Crippen molar-refractivity contribution in [1.82, 2.24) is 4.98 Å². The molecule has 1 atom stereocenters. The molecule has 2 aliphatic rings. The molecule has 0 fully saturated rings. The molecule has 0 spiro atoms. The molecule has 2 aliphatic carbocycles. The SMILES string of the molecule is CCCC12CCC(=O)C=C1c1c(cc(OCc3ncco3)c(Cl)c1Cl)C2. The minimum atomic E-state index is -0.0147. The summed E-state index contributed by atoms with van der Waals surface area (Å²) in [6.07, 6.45) is 9.25. The van der Waals surface area contributed by atoms with Gasteiger partial charge in [0.1, 0.15) is 17.0 Å². The van der Waals surface area contributed by atoms with Gasteiger partial charge in [0.25, 0.3) is 0 Å². The summed E-state index contributed by atoms with van der Waals surface area (Å²) in [7, 11) is 0. The molecule has 0 saturated carbocycles. The molecule has 1 aromatic carbocycles. The summed E-state index contributed by atoms with van der Waals surface area (Å²) in [6.45, 7) is 2.36. The van der Waals surface area contributed by atoms with E-state index < -0.39 is 0 Å². The summed E-state index contributed by atoms with van der Waals surface area (Å²) in [5, 5.41) is 0.827. The van der Waals surface area contributed by atoms with Crippen LogP contribution in [0.2, 0.25) is 10.0 Å². The molecule has 1 heterocycles. The van der Waals surface area contributed by atoms with Gasteiger partial charge in [-0.2, -0.15) is 0 Å². The van der Waals surface area contributed by atoms with Gasteiger partial charge >= 0.3 is 0 Å². The van der Waals surface area contributed by atoms with Crippen LogP contribution in [-0.2, 0) is 17.8 Å². The van der Waals surface area contributed by atoms with Crippen molar-refractivity contribution in [3.8, 4) is 5.75 Å². The standard InChI is InChI=1S/C20H19Cl2NO3/c1-2-4-20-5-3-13(24)9-14(20)17-12(10-20)8-15(18(21)19(17)22)26-11-16-23-6-7-25-16/h6-9H,2-5,10-11H2,1H3. The zero-order chi connectivity index (χ0) is 18.3. The Morgan fingerprint density at radius 1 is 1.35 bits per heavy atom. The van der Waals surface area contributed by atoms with Crippen molar-refractivity contribution in [2.75, 3.05) is 0 Å². The first kappa shape index (κ1) is 17.6. The quantitative estimate of drug-likeness (QED) is 0.660. The Kier molecular flexibility index (Phi) is 4.57. The Labute approximate surface area is 162 Å². The molecular formula is C20H19Cl2NO3. The largest absolute Gasteiger partial charge is 0.482 e. The number of ether oxygens (including phenoxy) is 1. The Morgan fingerprint density at radius 3 is 2.92 bits per heavy atom. The van der Waals surface area contributed by atoms with Crippen LogP contribution in [0.1, 0.15) is 49.6 Å². The zero-order valence-electron chi connectivity index (χ0n) is 14.5. The number of benzene rings is 1. The Morgan fingerprint density at radius 2 is 2.19 bits per heavy atom. The predicted molar refractivity (Wildman–Crippen MR) is 101 cm³/mol. The van der Waals surface area contributed by atoms with Crippen molar-refractivity contribution in [3.05, 3.63) is 51.7 Å². The molecule has 1 aromatic heterocycles. The van der Waals surface area contributed by atoms with Crippen LogP contribution in [0.3, 0.4) is 0 Å². The molecular weight excluding hydrogens is 373 g/mol. The van der Waals surface area contributed by atoms with Gasteiger partial charge in [0.05, 0.1) is 11.2 Å². The highest BCUT2D eigenvalue weighted by Gasteiger charge is 2.45. The Hall–Kier alpha value is -1.78. The smallest absolute Gasteiger partial charge is 0.232 e. The monoisotopic (exact) mass is 391 g/mol. The fourth-order valence-electron chi connectivity index (χ4n) is 4.25. The van der Waals surface area contributed by atoms with Gasteiger partial charge in [0.15, 0.2) is 12.4 Å². The highest BCUT2D eigenvalue weighted by atomic mass is 35.5. The normalized spacial score (nSPS) is 21.3. The van der Waals surface area contributed by atoms with Crippen LogP contribution in [0.25, 0.3) is 5.57 Å². The number of carbonyl (C=O) groups excluding carboxylic acids is 1. The molecule has 26 heavy (non-hydrogen) atoms. The van der Waals surface area contributed by atoms with E-state index in [9.17, 15) is 4.79 Å². The molecule has 0 saturated heterocycles. The summed E-state index contributed by atoms with van der Waals surface area (Å²) < 4.78 is 11.0. The van der Waals surface area contributed by atoms with E-state index in [-0.39, 0.29) is 17.8 Å². The number of rotatable bonds is 5. The average molecular weight is 392 g/mol. The lowest BCUT2D eigenvalue weighted by atomic mass is 9.70. The van der Waals surface area contributed by atoms with Gasteiger partial charge < -0.3 is 9.15 Å². The van der Waals surface area contributed by atoms with Crippen LogP contribution in [0.4, 0.5) is 0 Å². The second-order valence-corrected chi connectivity index (χ2v) is 7.74. The lowest BCUT2D eigenvalue weighted by molar-refractivity contribution is -0.115. The van der Waals surface area contributed by atoms with Gasteiger partial charge in [-0.3, -0.25) is 4.79 Å². The third kappa shape index (κ3) is 2.85. The van der Waals surface area contributed by atoms with Gasteiger partial charge in [0, 0.05) is 17.4 Å². The third-order valence-corrected chi connectivity index (χ3v) is 6.19. The van der Waals surface area contributed by atoms with E-state index in [1.54, 1.807) is 12.3 Å². The maximum absolute atomic E-state index is 12.1. The fraction of sp³-hybridized carbons (Fsp3) is 0.400. The molecule has 0 bridgehead atoms. The minimum Gasteiger partial charge on any atom is -0.482 e. The van der Waals surface area contributed by atoms with Gasteiger partial charge in [-0.25, -0.2) is 4.98 Å². The second-order valence-electron chi connectivity index (χ2n) is 6.98. The van der Waals surface area contributed by atoms with Gasteiger partial charge in [-0.1, -0.05) is 36.5 Å². The Bertz CT molecular complexity index is 889. The number of oxazole rings is 1. The van der Waals surface area contributed by atoms with Gasteiger partial charge in [-0.05, 0) is 42.5 Å². The fourth-order valence-corrected chi connectivity index (χ4v) is 4.77. The van der Waals surface area contributed by atoms with Crippen molar-refractivity contribution in [3.63, 3.8) is 0 Å². The third-order valence-electron chi connectivity index (χ3n) is 5.34. The number of halogens is 2. The lowest BCUT2D eigenvalue weighted by Crippen LogP contribution is -2.25. The summed E-state index contributed by atoms with van der Waals surface area (Å²) in [4.78, 5) is 16.1. The summed E-state index contributed by atoms with van der Waals surface area (Å²) in [6, 6.07) is 1.95. The molecule has 0 aliphatic heterocycles. The first-order chi connectivity index (χ1) is 12.5. The average Bonchev–Trinajstić information content (AvgIpc) is 3.23. The van der Waals surface area contributed by atoms with E-state index in [1.165, 1.54) is 6.26 Å². The van der Waals surface area contributed by atoms with Crippen molar-refractivity contribution in [1.29, 1.82) is 0 Å². The van der Waals surface area contributed by atoms with Crippen LogP contribution in [0.5, 0.6) is 5.75 Å². The van der Waals surface area contributed by atoms with Crippen molar-refractivity contribution in [2.24, 2.45) is 5.41 Å². The molecule has 4 nitrogen and oxygen atoms in total. The first-order valence-electron chi connectivity index (χ1n) is 8.81. The van der Waals surface area contributed by atoms with Crippen LogP contribution < -0.4 is 4.74 Å². The summed E-state index contributed by atoms with van der Waals surface area (Å²) in [5.41, 5.74) is 3.05. The molecule has 0 radical (unpaired) electrons. The Balaban J connectivity index is 1.74. The van der Waals surface area contributed by atoms with E-state index in [0.29, 0.717) is 28.1 Å². The summed E-state index contributed by atoms with van der Waals surface area (Å²) >= 11 is 13.1. The van der Waals surface area contributed by atoms with E-state index in [4.69, 9.17) is 32.4 Å². The number of fused-ring (bicyclic) bond motifs is 3. The number of hydrogen-bond donors (Lipinski definition) is 0. The molecule has 4 rings (SSSR count). The molecule has 2 aromatic rings. The number of allylic oxidation sites excluding steroid dienone is 2. The van der Waals surface area contributed by atoms with E-state index >= 15 is 0 Å². The highest BCUT2D eigenvalue weighted by molar-refractivity contribution is 6.44. The van der Waals surface area contributed by atoms with Crippen LogP contribution >= 0.6 is 23.2 Å². The van der Waals surface area contributed by atoms with Gasteiger partial charge in [-0.15, -0.1) is 0 Å². The lowest BCUT2D eigenvalue weighted by Gasteiger charge is -2.33. The number of carbonyl (C=O) groups is 1. The summed E-state index contributed by atoms with van der Waals surface area (Å²) in [5.74, 6) is 1.16. The van der Waals surface area contributed by atoms with Crippen LogP contribution in [-0.4, -0.2) is 10.8 Å². The van der Waals surface area contributed by atoms with Crippen molar-refractivity contribution in [2.45, 2.75) is 45.6 Å². The topological polar surface area (TPSA) is 52.3 Å². The second kappa shape index (κ2) is 6.75. The van der Waals surface area contributed by atoms with Crippen LogP contribution in [0.15, 0.2) is 29.0 Å². The minimum absolute atomic E-state index is 0.0147. The molecule has 0 amide bonds. The number of hydrogen-bond acceptors (Lipinski definition) is 4. The predicted octanol–water partition coefficient (Wildman–Crippen LogP) is 5.65. The van der Waals surface area contributed by atoms with Crippen molar-refractivity contribution < 1.29 is 13.9 Å².